The lowest BCUT2D eigenvalue weighted by molar-refractivity contribution is 0.0238. The molecule has 4 rings (SSSR count). The van der Waals surface area contributed by atoms with Crippen molar-refractivity contribution in [3.63, 3.8) is 0 Å². The van der Waals surface area contributed by atoms with Gasteiger partial charge in [-0.25, -0.2) is 0 Å². The number of rotatable bonds is 4. The normalized spacial score (nSPS) is 22.3. The van der Waals surface area contributed by atoms with Crippen LogP contribution in [0.15, 0.2) is 42.5 Å². The molecule has 4 nitrogen and oxygen atoms in total. The fraction of sp³-hybridized carbons (Fsp3) is 0.500. The third-order valence-corrected chi connectivity index (χ3v) is 5.71. The highest BCUT2D eigenvalue weighted by molar-refractivity contribution is 5.61. The number of piperidine rings is 1. The Bertz CT molecular complexity index is 728. The van der Waals surface area contributed by atoms with Crippen LogP contribution in [0.4, 0.5) is 0 Å². The summed E-state index contributed by atoms with van der Waals surface area (Å²) in [6.45, 7) is 4.17. The molecule has 0 radical (unpaired) electrons. The van der Waals surface area contributed by atoms with E-state index in [-0.39, 0.29) is 0 Å². The minimum absolute atomic E-state index is 0.525. The van der Waals surface area contributed by atoms with E-state index in [0.717, 1.165) is 36.8 Å². The van der Waals surface area contributed by atoms with Crippen molar-refractivity contribution in [1.82, 2.24) is 9.88 Å². The number of methoxy groups -OCH3 is 1. The highest BCUT2D eigenvalue weighted by Crippen LogP contribution is 2.30. The summed E-state index contributed by atoms with van der Waals surface area (Å²) in [4.78, 5) is 7.69. The second-order valence-corrected chi connectivity index (χ2v) is 7.36. The monoisotopic (exact) mass is 352 g/mol. The molecule has 1 aromatic heterocycles. The van der Waals surface area contributed by atoms with Crippen molar-refractivity contribution < 1.29 is 9.47 Å². The third kappa shape index (κ3) is 3.92. The summed E-state index contributed by atoms with van der Waals surface area (Å²) >= 11 is 0. The Balaban J connectivity index is 1.52. The molecule has 2 aliphatic rings. The van der Waals surface area contributed by atoms with Gasteiger partial charge in [-0.3, -0.25) is 9.88 Å². The van der Waals surface area contributed by atoms with Crippen LogP contribution in [0.1, 0.15) is 37.3 Å². The molecule has 2 aliphatic heterocycles. The van der Waals surface area contributed by atoms with Crippen LogP contribution in [0.25, 0.3) is 11.3 Å². The first kappa shape index (κ1) is 17.5. The average molecular weight is 352 g/mol. The number of hydrogen-bond donors (Lipinski definition) is 0. The van der Waals surface area contributed by atoms with E-state index in [4.69, 9.17) is 14.5 Å². The molecular weight excluding hydrogens is 324 g/mol. The molecule has 0 bridgehead atoms. The highest BCUT2D eigenvalue weighted by Gasteiger charge is 2.28. The molecule has 2 aromatic rings. The summed E-state index contributed by atoms with van der Waals surface area (Å²) in [6, 6.07) is 15.3. The first-order valence-corrected chi connectivity index (χ1v) is 9.76. The number of likely N-dealkylation sites (tertiary alicyclic amines) is 1. The lowest BCUT2D eigenvalue weighted by Gasteiger charge is -2.39. The summed E-state index contributed by atoms with van der Waals surface area (Å²) in [7, 11) is 1.70. The van der Waals surface area contributed by atoms with Gasteiger partial charge in [-0.05, 0) is 56.5 Å². The second kappa shape index (κ2) is 8.19. The molecule has 3 heterocycles. The van der Waals surface area contributed by atoms with E-state index in [9.17, 15) is 0 Å². The van der Waals surface area contributed by atoms with E-state index in [1.165, 1.54) is 37.9 Å². The molecule has 0 saturated carbocycles. The topological polar surface area (TPSA) is 34.6 Å². The fourth-order valence-corrected chi connectivity index (χ4v) is 4.25. The van der Waals surface area contributed by atoms with Gasteiger partial charge in [-0.15, -0.1) is 0 Å². The van der Waals surface area contributed by atoms with Gasteiger partial charge in [0.1, 0.15) is 5.75 Å². The van der Waals surface area contributed by atoms with Crippen molar-refractivity contribution in [3.8, 4) is 17.0 Å². The molecule has 1 aromatic carbocycles. The Hall–Kier alpha value is -1.91. The van der Waals surface area contributed by atoms with E-state index < -0.39 is 0 Å². The number of nitrogens with zero attached hydrogens (tertiary/aromatic N) is 2. The molecule has 0 aliphatic carbocycles. The van der Waals surface area contributed by atoms with Crippen molar-refractivity contribution in [2.24, 2.45) is 0 Å². The lowest BCUT2D eigenvalue weighted by atomic mass is 9.91. The number of ether oxygens (including phenoxy) is 2. The summed E-state index contributed by atoms with van der Waals surface area (Å²) in [5.41, 5.74) is 3.37. The van der Waals surface area contributed by atoms with Gasteiger partial charge in [-0.2, -0.15) is 0 Å². The zero-order chi connectivity index (χ0) is 17.8. The van der Waals surface area contributed by atoms with Crippen LogP contribution < -0.4 is 4.74 Å². The molecule has 138 valence electrons. The lowest BCUT2D eigenvalue weighted by Crippen LogP contribution is -2.44. The van der Waals surface area contributed by atoms with Crippen LogP contribution in [-0.4, -0.2) is 49.3 Å². The van der Waals surface area contributed by atoms with E-state index in [0.29, 0.717) is 12.0 Å². The summed E-state index contributed by atoms with van der Waals surface area (Å²) in [5, 5.41) is 0. The molecule has 26 heavy (non-hydrogen) atoms. The third-order valence-electron chi connectivity index (χ3n) is 5.71. The number of aromatic nitrogens is 1. The summed E-state index contributed by atoms with van der Waals surface area (Å²) < 4.78 is 10.9. The number of benzene rings is 1. The van der Waals surface area contributed by atoms with Crippen LogP contribution in [-0.2, 0) is 4.74 Å². The van der Waals surface area contributed by atoms with Crippen LogP contribution in [0.3, 0.4) is 0 Å². The maximum absolute atomic E-state index is 5.54. The molecule has 0 unspecified atom stereocenters. The van der Waals surface area contributed by atoms with Gasteiger partial charge in [-0.1, -0.05) is 18.2 Å². The van der Waals surface area contributed by atoms with Crippen molar-refractivity contribution in [1.29, 1.82) is 0 Å². The molecule has 4 heteroatoms. The molecule has 0 amide bonds. The molecule has 0 N–H and O–H groups in total. The van der Waals surface area contributed by atoms with Gasteiger partial charge in [0.15, 0.2) is 0 Å². The predicted molar refractivity (Wildman–Crippen MR) is 104 cm³/mol. The maximum atomic E-state index is 5.54. The SMILES string of the molecule is COc1cccc(-c2cccc([C@@H]3CCCN(C4CCOCC4)C3)n2)c1. The molecule has 1 atom stereocenters. The Morgan fingerprint density at radius 1 is 1.08 bits per heavy atom. The van der Waals surface area contributed by atoms with Gasteiger partial charge < -0.3 is 9.47 Å². The minimum Gasteiger partial charge on any atom is -0.497 e. The maximum Gasteiger partial charge on any atom is 0.119 e. The van der Waals surface area contributed by atoms with Gasteiger partial charge in [0, 0.05) is 43.0 Å². The van der Waals surface area contributed by atoms with Crippen LogP contribution >= 0.6 is 0 Å². The van der Waals surface area contributed by atoms with Crippen LogP contribution in [0.5, 0.6) is 5.75 Å². The second-order valence-electron chi connectivity index (χ2n) is 7.36. The van der Waals surface area contributed by atoms with E-state index in [1.807, 2.05) is 12.1 Å². The standard InChI is InChI=1S/C22H28N2O2/c1-25-20-7-2-5-17(15-20)21-8-3-9-22(23-21)18-6-4-12-24(16-18)19-10-13-26-14-11-19/h2-3,5,7-9,15,18-19H,4,6,10-14,16H2,1H3/t18-/m1/s1. The summed E-state index contributed by atoms with van der Waals surface area (Å²) in [5.74, 6) is 1.40. The molecule has 2 fully saturated rings. The van der Waals surface area contributed by atoms with Gasteiger partial charge >= 0.3 is 0 Å². The molecular formula is C22H28N2O2. The van der Waals surface area contributed by atoms with Crippen molar-refractivity contribution in [2.75, 3.05) is 33.4 Å². The largest absolute Gasteiger partial charge is 0.497 e. The van der Waals surface area contributed by atoms with Crippen molar-refractivity contribution in [2.45, 2.75) is 37.6 Å². The zero-order valence-corrected chi connectivity index (χ0v) is 15.6. The van der Waals surface area contributed by atoms with E-state index in [1.54, 1.807) is 7.11 Å². The van der Waals surface area contributed by atoms with Gasteiger partial charge in [0.25, 0.3) is 0 Å². The summed E-state index contributed by atoms with van der Waals surface area (Å²) in [6.07, 6.45) is 4.83. The average Bonchev–Trinajstić information content (AvgIpc) is 2.74. The van der Waals surface area contributed by atoms with E-state index in [2.05, 4.69) is 35.2 Å². The van der Waals surface area contributed by atoms with E-state index >= 15 is 0 Å². The molecule has 0 spiro atoms. The zero-order valence-electron chi connectivity index (χ0n) is 15.6. The van der Waals surface area contributed by atoms with Crippen molar-refractivity contribution >= 4 is 0 Å². The Morgan fingerprint density at radius 3 is 2.77 bits per heavy atom. The first-order valence-electron chi connectivity index (χ1n) is 9.76. The van der Waals surface area contributed by atoms with Gasteiger partial charge in [0.05, 0.1) is 12.8 Å². The smallest absolute Gasteiger partial charge is 0.119 e. The van der Waals surface area contributed by atoms with Crippen molar-refractivity contribution in [3.05, 3.63) is 48.2 Å². The van der Waals surface area contributed by atoms with Crippen LogP contribution in [0.2, 0.25) is 0 Å². The Labute approximate surface area is 156 Å². The van der Waals surface area contributed by atoms with Crippen LogP contribution in [0, 0.1) is 0 Å². The van der Waals surface area contributed by atoms with Gasteiger partial charge in [0.2, 0.25) is 0 Å². The highest BCUT2D eigenvalue weighted by atomic mass is 16.5. The fourth-order valence-electron chi connectivity index (χ4n) is 4.25. The Morgan fingerprint density at radius 2 is 1.92 bits per heavy atom. The Kier molecular flexibility index (Phi) is 5.51. The quantitative estimate of drug-likeness (QED) is 0.829. The minimum atomic E-state index is 0.525. The first-order chi connectivity index (χ1) is 12.8. The number of hydrogen-bond acceptors (Lipinski definition) is 4. The number of pyridine rings is 1. The molecule has 2 saturated heterocycles. The predicted octanol–water partition coefficient (Wildman–Crippen LogP) is 4.12.